The average Bonchev–Trinajstić information content (AvgIpc) is 3.54. The number of likely N-dealkylation sites (tertiary alicyclic amines) is 1. The fraction of sp³-hybridized carbons (Fsp3) is 0.324. The zero-order valence-corrected chi connectivity index (χ0v) is 28.7. The summed E-state index contributed by atoms with van der Waals surface area (Å²) in [7, 11) is -3.96. The second kappa shape index (κ2) is 16.5. The molecule has 3 aromatic carbocycles. The lowest BCUT2D eigenvalue weighted by atomic mass is 10.1. The molecule has 0 bridgehead atoms. The van der Waals surface area contributed by atoms with Gasteiger partial charge in [0, 0.05) is 25.6 Å². The van der Waals surface area contributed by atoms with Gasteiger partial charge in [0.2, 0.25) is 27.5 Å². The molecule has 1 saturated heterocycles. The molecular weight excluding hydrogens is 696 g/mol. The number of hydrogen-bond acceptors (Lipinski definition) is 10. The van der Waals surface area contributed by atoms with Crippen LogP contribution in [0.1, 0.15) is 42.6 Å². The number of H-pyrrole nitrogens is 1. The number of nitrogens with one attached hydrogen (secondary N) is 4. The van der Waals surface area contributed by atoms with E-state index in [1.54, 1.807) is 36.4 Å². The molecule has 1 aliphatic rings. The van der Waals surface area contributed by atoms with Crippen LogP contribution in [0.2, 0.25) is 0 Å². The molecule has 5 rings (SSSR count). The van der Waals surface area contributed by atoms with Crippen molar-refractivity contribution in [1.82, 2.24) is 35.0 Å². The van der Waals surface area contributed by atoms with Crippen LogP contribution in [0, 0.1) is 0 Å². The predicted octanol–water partition coefficient (Wildman–Crippen LogP) is -0.160. The van der Waals surface area contributed by atoms with E-state index >= 15 is 0 Å². The zero-order valence-electron chi connectivity index (χ0n) is 27.9. The Morgan fingerprint density at radius 1 is 0.981 bits per heavy atom. The first-order valence-electron chi connectivity index (χ1n) is 16.5. The van der Waals surface area contributed by atoms with Crippen LogP contribution in [0.25, 0.3) is 16.5 Å². The number of benzene rings is 3. The third-order valence-electron chi connectivity index (χ3n) is 8.50. The maximum atomic E-state index is 13.9. The van der Waals surface area contributed by atoms with Gasteiger partial charge in [-0.05, 0) is 67.3 Å². The summed E-state index contributed by atoms with van der Waals surface area (Å²) >= 11 is 0. The van der Waals surface area contributed by atoms with Crippen molar-refractivity contribution in [3.8, 4) is 5.69 Å². The molecule has 2 heterocycles. The molecule has 52 heavy (non-hydrogen) atoms. The highest BCUT2D eigenvalue weighted by Crippen LogP contribution is 2.22. The van der Waals surface area contributed by atoms with Crippen molar-refractivity contribution in [2.75, 3.05) is 19.6 Å². The lowest BCUT2D eigenvalue weighted by Crippen LogP contribution is -2.52. The molecule has 0 unspecified atom stereocenters. The number of carboxylic acid groups (broad SMARTS) is 1. The molecule has 3 atom stereocenters. The second-order valence-electron chi connectivity index (χ2n) is 12.2. The Morgan fingerprint density at radius 3 is 2.40 bits per heavy atom. The first kappa shape index (κ1) is 37.5. The van der Waals surface area contributed by atoms with E-state index in [1.807, 2.05) is 12.1 Å². The van der Waals surface area contributed by atoms with E-state index < -0.39 is 68.8 Å². The number of aromatic nitrogens is 3. The molecule has 0 saturated carbocycles. The number of para-hydroxylation sites is 1. The minimum absolute atomic E-state index is 0.0234. The van der Waals surface area contributed by atoms with E-state index in [0.29, 0.717) is 19.4 Å². The van der Waals surface area contributed by atoms with Crippen LogP contribution < -0.4 is 32.3 Å². The second-order valence-corrected chi connectivity index (χ2v) is 13.9. The van der Waals surface area contributed by atoms with Crippen LogP contribution in [0.4, 0.5) is 0 Å². The van der Waals surface area contributed by atoms with Crippen molar-refractivity contribution in [2.24, 2.45) is 5.73 Å². The molecule has 0 radical (unpaired) electrons. The van der Waals surface area contributed by atoms with Gasteiger partial charge in [0.15, 0.2) is 0 Å². The topological polar surface area (TPSA) is 256 Å². The van der Waals surface area contributed by atoms with Crippen molar-refractivity contribution in [3.63, 3.8) is 0 Å². The van der Waals surface area contributed by atoms with Crippen molar-refractivity contribution < 1.29 is 32.7 Å². The standard InChI is InChI=1S/C34H38N8O9S/c35-16-7-6-12-26(33(47)48)38-30(44)27-19-23(20-41(27)32(46)29-31(45)39-34(49)42(40-29)24-10-2-1-3-11-24)37-28(43)15-17-36-52(50,51)25-14-13-21-8-4-5-9-22(21)18-25/h1-5,8-11,13-14,18,23,26-27,36H,6-7,12,15-17,19-20,35H2,(H,37,43)(H,38,44)(H,47,48)(H,39,45,49)/t23-,26+,27-/m0/s1. The molecule has 17 nitrogen and oxygen atoms in total. The van der Waals surface area contributed by atoms with Crippen molar-refractivity contribution >= 4 is 44.5 Å². The summed E-state index contributed by atoms with van der Waals surface area (Å²) in [5.74, 6) is -3.79. The molecule has 1 fully saturated rings. The fourth-order valence-corrected chi connectivity index (χ4v) is 6.94. The number of amides is 3. The highest BCUT2D eigenvalue weighted by molar-refractivity contribution is 7.89. The summed E-state index contributed by atoms with van der Waals surface area (Å²) in [5, 5.41) is 20.4. The Balaban J connectivity index is 1.31. The normalized spacial score (nSPS) is 16.4. The number of carbonyl (C=O) groups excluding carboxylic acids is 3. The third kappa shape index (κ3) is 8.95. The number of nitrogens with two attached hydrogens (primary N) is 1. The number of carboxylic acids is 1. The molecule has 4 aromatic rings. The van der Waals surface area contributed by atoms with Gasteiger partial charge in [-0.2, -0.15) is 9.78 Å². The van der Waals surface area contributed by atoms with E-state index in [-0.39, 0.29) is 42.9 Å². The number of aliphatic carboxylic acids is 1. The maximum absolute atomic E-state index is 13.9. The van der Waals surface area contributed by atoms with Crippen LogP contribution in [0.5, 0.6) is 0 Å². The zero-order chi connectivity index (χ0) is 37.4. The summed E-state index contributed by atoms with van der Waals surface area (Å²) < 4.78 is 29.1. The first-order valence-corrected chi connectivity index (χ1v) is 18.0. The summed E-state index contributed by atoms with van der Waals surface area (Å²) in [6.45, 7) is -0.226. The van der Waals surface area contributed by atoms with Gasteiger partial charge in [0.1, 0.15) is 12.1 Å². The Hall–Kier alpha value is -5.72. The summed E-state index contributed by atoms with van der Waals surface area (Å²) in [4.78, 5) is 80.8. The van der Waals surface area contributed by atoms with Gasteiger partial charge in [0.25, 0.3) is 11.5 Å². The smallest absolute Gasteiger partial charge is 0.349 e. The molecule has 274 valence electrons. The molecule has 1 aliphatic heterocycles. The van der Waals surface area contributed by atoms with Crippen molar-refractivity contribution in [2.45, 2.75) is 55.1 Å². The van der Waals surface area contributed by atoms with E-state index in [9.17, 15) is 42.3 Å². The number of hydrogen-bond donors (Lipinski definition) is 6. The first-order chi connectivity index (χ1) is 24.9. The predicted molar refractivity (Wildman–Crippen MR) is 188 cm³/mol. The van der Waals surface area contributed by atoms with E-state index in [4.69, 9.17) is 5.73 Å². The molecule has 7 N–H and O–H groups in total. The lowest BCUT2D eigenvalue weighted by molar-refractivity contribution is -0.142. The van der Waals surface area contributed by atoms with Gasteiger partial charge >= 0.3 is 11.7 Å². The summed E-state index contributed by atoms with van der Waals surface area (Å²) in [6, 6.07) is 16.4. The molecular formula is C34H38N8O9S. The van der Waals surface area contributed by atoms with Crippen LogP contribution in [-0.2, 0) is 24.4 Å². The SMILES string of the molecule is NCCCC[C@@H](NC(=O)[C@@H]1C[C@H](NC(=O)CCNS(=O)(=O)c2ccc3ccccc3c2)CN1C(=O)c1nn(-c2ccccc2)c(=O)[nH]c1=O)C(=O)O. The van der Waals surface area contributed by atoms with E-state index in [1.165, 1.54) is 24.3 Å². The van der Waals surface area contributed by atoms with Gasteiger partial charge in [-0.1, -0.05) is 48.5 Å². The number of nitrogens with zero attached hydrogens (tertiary/aromatic N) is 3. The average molecular weight is 735 g/mol. The molecule has 3 amide bonds. The fourth-order valence-electron chi connectivity index (χ4n) is 5.87. The van der Waals surface area contributed by atoms with E-state index in [0.717, 1.165) is 20.4 Å². The van der Waals surface area contributed by atoms with Crippen LogP contribution in [0.15, 0.2) is 87.3 Å². The molecule has 1 aromatic heterocycles. The monoisotopic (exact) mass is 734 g/mol. The number of fused-ring (bicyclic) bond motifs is 1. The van der Waals surface area contributed by atoms with E-state index in [2.05, 4.69) is 25.4 Å². The van der Waals surface area contributed by atoms with Gasteiger partial charge in [-0.25, -0.2) is 22.7 Å². The number of rotatable bonds is 15. The van der Waals surface area contributed by atoms with Crippen LogP contribution in [0.3, 0.4) is 0 Å². The Bertz CT molecular complexity index is 2190. The third-order valence-corrected chi connectivity index (χ3v) is 9.96. The lowest BCUT2D eigenvalue weighted by Gasteiger charge is -2.25. The molecule has 0 spiro atoms. The minimum Gasteiger partial charge on any atom is -0.480 e. The van der Waals surface area contributed by atoms with Crippen molar-refractivity contribution in [3.05, 3.63) is 99.3 Å². The van der Waals surface area contributed by atoms with Crippen LogP contribution >= 0.6 is 0 Å². The Labute approximate surface area is 297 Å². The number of sulfonamides is 1. The minimum atomic E-state index is -3.96. The Morgan fingerprint density at radius 2 is 1.69 bits per heavy atom. The van der Waals surface area contributed by atoms with Gasteiger partial charge in [-0.15, -0.1) is 0 Å². The highest BCUT2D eigenvalue weighted by atomic mass is 32.2. The highest BCUT2D eigenvalue weighted by Gasteiger charge is 2.42. The molecule has 18 heteroatoms. The Kier molecular flexibility index (Phi) is 11.9. The summed E-state index contributed by atoms with van der Waals surface area (Å²) in [5.41, 5.74) is 3.03. The quantitative estimate of drug-likeness (QED) is 0.0875. The number of aromatic amines is 1. The number of unbranched alkanes of at least 4 members (excludes halogenated alkanes) is 1. The van der Waals surface area contributed by atoms with Crippen LogP contribution in [-0.4, -0.2) is 94.6 Å². The number of carbonyl (C=O) groups is 4. The van der Waals surface area contributed by atoms with Gasteiger partial charge in [0.05, 0.1) is 10.6 Å². The van der Waals surface area contributed by atoms with Gasteiger partial charge < -0.3 is 26.4 Å². The maximum Gasteiger partial charge on any atom is 0.349 e. The van der Waals surface area contributed by atoms with Crippen molar-refractivity contribution in [1.29, 1.82) is 0 Å². The summed E-state index contributed by atoms with van der Waals surface area (Å²) in [6.07, 6.45) is 0.533. The largest absolute Gasteiger partial charge is 0.480 e. The van der Waals surface area contributed by atoms with Gasteiger partial charge in [-0.3, -0.25) is 24.2 Å². The molecule has 0 aliphatic carbocycles.